The van der Waals surface area contributed by atoms with E-state index >= 15 is 0 Å². The monoisotopic (exact) mass is 460 g/mol. The van der Waals surface area contributed by atoms with Crippen molar-refractivity contribution >= 4 is 38.5 Å². The number of benzene rings is 2. The van der Waals surface area contributed by atoms with Crippen molar-refractivity contribution in [2.24, 2.45) is 5.14 Å². The van der Waals surface area contributed by atoms with Gasteiger partial charge in [0.1, 0.15) is 0 Å². The maximum Gasteiger partial charge on any atom is 0.310 e. The first-order chi connectivity index (χ1) is 14.7. The Kier molecular flexibility index (Phi) is 5.85. The Bertz CT molecular complexity index is 1240. The van der Waals surface area contributed by atoms with Crippen LogP contribution in [0.15, 0.2) is 47.4 Å². The zero-order chi connectivity index (χ0) is 22.3. The van der Waals surface area contributed by atoms with Crippen LogP contribution in [-0.2, 0) is 14.8 Å². The first-order valence-corrected chi connectivity index (χ1v) is 12.3. The summed E-state index contributed by atoms with van der Waals surface area (Å²) in [6, 6.07) is 12.7. The number of aliphatic carboxylic acids is 1. The van der Waals surface area contributed by atoms with Crippen LogP contribution in [0.1, 0.15) is 55.6 Å². The van der Waals surface area contributed by atoms with Crippen LogP contribution in [0.2, 0.25) is 0 Å². The van der Waals surface area contributed by atoms with E-state index in [9.17, 15) is 18.3 Å². The average molecular weight is 461 g/mol. The molecule has 4 N–H and O–H groups in total. The number of primary sulfonamides is 1. The van der Waals surface area contributed by atoms with Crippen LogP contribution >= 0.6 is 11.6 Å². The Morgan fingerprint density at radius 3 is 2.45 bits per heavy atom. The van der Waals surface area contributed by atoms with Crippen molar-refractivity contribution in [1.82, 2.24) is 4.98 Å². The fourth-order valence-corrected chi connectivity index (χ4v) is 6.00. The lowest BCUT2D eigenvalue weighted by Crippen LogP contribution is -2.20. The molecule has 1 heterocycles. The second-order valence-electron chi connectivity index (χ2n) is 8.24. The molecule has 0 spiro atoms. The van der Waals surface area contributed by atoms with Gasteiger partial charge in [0.25, 0.3) is 0 Å². The number of aromatic amines is 1. The molecule has 2 aromatic carbocycles. The zero-order valence-corrected chi connectivity index (χ0v) is 18.7. The standard InChI is InChI=1S/C23H25ClN2O4S/c1-13(23(27)28)20-17-5-2-3-8-19(17)26-21(20)18-7-4-6-16(22(18)31(25,29)30)14-9-11-15(24)12-10-14/h2-8,13-15,26H,9-12H2,1H3,(H,27,28)(H2,25,29,30). The van der Waals surface area contributed by atoms with Crippen molar-refractivity contribution in [2.75, 3.05) is 0 Å². The average Bonchev–Trinajstić information content (AvgIpc) is 3.12. The van der Waals surface area contributed by atoms with E-state index in [1.165, 1.54) is 0 Å². The first kappa shape index (κ1) is 21.9. The van der Waals surface area contributed by atoms with Crippen molar-refractivity contribution in [1.29, 1.82) is 0 Å². The van der Waals surface area contributed by atoms with E-state index in [1.807, 2.05) is 36.4 Å². The third kappa shape index (κ3) is 4.10. The fraction of sp³-hybridized carbons (Fsp3) is 0.348. The largest absolute Gasteiger partial charge is 0.481 e. The van der Waals surface area contributed by atoms with Gasteiger partial charge in [-0.2, -0.15) is 0 Å². The second-order valence-corrected chi connectivity index (χ2v) is 10.4. The number of carboxylic acids is 1. The van der Waals surface area contributed by atoms with Crippen molar-refractivity contribution in [3.8, 4) is 11.3 Å². The van der Waals surface area contributed by atoms with Crippen LogP contribution in [0.5, 0.6) is 0 Å². The highest BCUT2D eigenvalue weighted by molar-refractivity contribution is 7.89. The van der Waals surface area contributed by atoms with Crippen molar-refractivity contribution in [3.63, 3.8) is 0 Å². The normalized spacial score (nSPS) is 20.6. The second kappa shape index (κ2) is 8.30. The summed E-state index contributed by atoms with van der Waals surface area (Å²) in [6.07, 6.45) is 3.19. The Labute approximate surface area is 186 Å². The third-order valence-corrected chi connectivity index (χ3v) is 7.71. The van der Waals surface area contributed by atoms with Crippen LogP contribution in [-0.4, -0.2) is 29.9 Å². The molecular weight excluding hydrogens is 436 g/mol. The van der Waals surface area contributed by atoms with E-state index < -0.39 is 21.9 Å². The number of hydrogen-bond acceptors (Lipinski definition) is 3. The molecule has 0 aliphatic heterocycles. The van der Waals surface area contributed by atoms with Crippen molar-refractivity contribution in [2.45, 2.75) is 54.7 Å². The Hall–Kier alpha value is -2.35. The highest BCUT2D eigenvalue weighted by Gasteiger charge is 2.31. The number of para-hydroxylation sites is 1. The van der Waals surface area contributed by atoms with E-state index in [0.717, 1.165) is 36.6 Å². The predicted molar refractivity (Wildman–Crippen MR) is 122 cm³/mol. The van der Waals surface area contributed by atoms with Gasteiger partial charge in [-0.25, -0.2) is 13.6 Å². The van der Waals surface area contributed by atoms with Crippen LogP contribution < -0.4 is 5.14 Å². The predicted octanol–water partition coefficient (Wildman–Crippen LogP) is 4.94. The zero-order valence-electron chi connectivity index (χ0n) is 17.1. The summed E-state index contributed by atoms with van der Waals surface area (Å²) in [5.41, 5.74) is 2.86. The lowest BCUT2D eigenvalue weighted by Gasteiger charge is -2.27. The fourth-order valence-electron chi connectivity index (χ4n) is 4.70. The maximum absolute atomic E-state index is 12.8. The summed E-state index contributed by atoms with van der Waals surface area (Å²) in [6.45, 7) is 1.60. The van der Waals surface area contributed by atoms with Gasteiger partial charge in [-0.1, -0.05) is 36.4 Å². The van der Waals surface area contributed by atoms with E-state index in [1.54, 1.807) is 13.0 Å². The Morgan fingerprint density at radius 1 is 1.13 bits per heavy atom. The molecule has 0 radical (unpaired) electrons. The number of hydrogen-bond donors (Lipinski definition) is 3. The molecule has 0 bridgehead atoms. The first-order valence-electron chi connectivity index (χ1n) is 10.3. The lowest BCUT2D eigenvalue weighted by molar-refractivity contribution is -0.138. The molecule has 4 rings (SSSR count). The minimum atomic E-state index is -4.08. The summed E-state index contributed by atoms with van der Waals surface area (Å²) in [7, 11) is -4.08. The van der Waals surface area contributed by atoms with Gasteiger partial charge in [-0.3, -0.25) is 4.79 Å². The minimum absolute atomic E-state index is 0.0352. The summed E-state index contributed by atoms with van der Waals surface area (Å²) in [5, 5.41) is 16.3. The molecular formula is C23H25ClN2O4S. The number of rotatable bonds is 5. The molecule has 1 aromatic heterocycles. The Balaban J connectivity index is 1.99. The van der Waals surface area contributed by atoms with Gasteiger partial charge in [-0.05, 0) is 55.7 Å². The number of carboxylic acid groups (broad SMARTS) is 1. The number of sulfonamides is 1. The molecule has 1 fully saturated rings. The third-order valence-electron chi connectivity index (χ3n) is 6.25. The summed E-state index contributed by atoms with van der Waals surface area (Å²) < 4.78 is 25.6. The number of nitrogens with two attached hydrogens (primary N) is 1. The molecule has 1 aliphatic rings. The molecule has 0 saturated heterocycles. The smallest absolute Gasteiger partial charge is 0.310 e. The Morgan fingerprint density at radius 2 is 1.81 bits per heavy atom. The molecule has 1 atom stereocenters. The maximum atomic E-state index is 12.8. The van der Waals surface area contributed by atoms with Gasteiger partial charge in [-0.15, -0.1) is 11.6 Å². The number of aromatic nitrogens is 1. The van der Waals surface area contributed by atoms with E-state index in [2.05, 4.69) is 4.98 Å². The van der Waals surface area contributed by atoms with Crippen LogP contribution in [0.4, 0.5) is 0 Å². The molecule has 164 valence electrons. The van der Waals surface area contributed by atoms with Gasteiger partial charge in [0.2, 0.25) is 10.0 Å². The molecule has 8 heteroatoms. The van der Waals surface area contributed by atoms with Crippen molar-refractivity contribution < 1.29 is 18.3 Å². The van der Waals surface area contributed by atoms with Gasteiger partial charge >= 0.3 is 5.97 Å². The molecule has 31 heavy (non-hydrogen) atoms. The molecule has 0 amide bonds. The van der Waals surface area contributed by atoms with Crippen LogP contribution in [0.25, 0.3) is 22.2 Å². The topological polar surface area (TPSA) is 113 Å². The number of H-pyrrole nitrogens is 1. The summed E-state index contributed by atoms with van der Waals surface area (Å²) in [5.74, 6) is -1.79. The quantitative estimate of drug-likeness (QED) is 0.468. The number of halogens is 1. The van der Waals surface area contributed by atoms with Gasteiger partial charge < -0.3 is 10.1 Å². The van der Waals surface area contributed by atoms with Gasteiger partial charge in [0.15, 0.2) is 0 Å². The number of fused-ring (bicyclic) bond motifs is 1. The highest BCUT2D eigenvalue weighted by Crippen LogP contribution is 2.43. The van der Waals surface area contributed by atoms with E-state index in [-0.39, 0.29) is 16.2 Å². The van der Waals surface area contributed by atoms with Crippen LogP contribution in [0, 0.1) is 0 Å². The number of carbonyl (C=O) groups is 1. The van der Waals surface area contributed by atoms with E-state index in [0.29, 0.717) is 22.4 Å². The molecule has 6 nitrogen and oxygen atoms in total. The van der Waals surface area contributed by atoms with Gasteiger partial charge in [0.05, 0.1) is 16.5 Å². The lowest BCUT2D eigenvalue weighted by atomic mass is 9.82. The van der Waals surface area contributed by atoms with E-state index in [4.69, 9.17) is 16.7 Å². The SMILES string of the molecule is CC(C(=O)O)c1c(-c2cccc(C3CCC(Cl)CC3)c2S(N)(=O)=O)[nH]c2ccccc12. The molecule has 1 saturated carbocycles. The number of alkyl halides is 1. The summed E-state index contributed by atoms with van der Waals surface area (Å²) in [4.78, 5) is 15.2. The van der Waals surface area contributed by atoms with Crippen molar-refractivity contribution in [3.05, 3.63) is 53.6 Å². The summed E-state index contributed by atoms with van der Waals surface area (Å²) >= 11 is 6.25. The number of nitrogens with one attached hydrogen (secondary N) is 1. The van der Waals surface area contributed by atoms with Crippen LogP contribution in [0.3, 0.4) is 0 Å². The van der Waals surface area contributed by atoms with Gasteiger partial charge in [0, 0.05) is 21.8 Å². The minimum Gasteiger partial charge on any atom is -0.481 e. The molecule has 1 aliphatic carbocycles. The molecule has 3 aromatic rings. The highest BCUT2D eigenvalue weighted by atomic mass is 35.5. The molecule has 1 unspecified atom stereocenters.